The topological polar surface area (TPSA) is 17.1 Å². The Morgan fingerprint density at radius 1 is 1.27 bits per heavy atom. The van der Waals surface area contributed by atoms with E-state index in [0.717, 1.165) is 5.56 Å². The van der Waals surface area contributed by atoms with Crippen LogP contribution in [0.2, 0.25) is 0 Å². The van der Waals surface area contributed by atoms with Gasteiger partial charge in [-0.2, -0.15) is 0 Å². The van der Waals surface area contributed by atoms with Crippen LogP contribution in [-0.2, 0) is 0 Å². The molecule has 0 aromatic heterocycles. The average molecular weight is 158 g/mol. The van der Waals surface area contributed by atoms with E-state index < -0.39 is 0 Å². The van der Waals surface area contributed by atoms with Crippen molar-refractivity contribution < 1.29 is 4.79 Å². The van der Waals surface area contributed by atoms with Crippen LogP contribution < -0.4 is 0 Å². The molecule has 0 radical (unpaired) electrons. The molecule has 1 aromatic rings. The Hall–Kier alpha value is -0.110. The van der Waals surface area contributed by atoms with Gasteiger partial charge in [-0.1, -0.05) is 37.3 Å². The van der Waals surface area contributed by atoms with E-state index in [4.69, 9.17) is 0 Å². The van der Waals surface area contributed by atoms with Gasteiger partial charge in [-0.3, -0.25) is 4.79 Å². The van der Waals surface area contributed by atoms with Crippen molar-refractivity contribution in [1.29, 1.82) is 0 Å². The molecular formula is C9H11NaO. The predicted molar refractivity (Wildman–Crippen MR) is 48.2 cm³/mol. The molecule has 0 heterocycles. The van der Waals surface area contributed by atoms with E-state index >= 15 is 0 Å². The van der Waals surface area contributed by atoms with Crippen molar-refractivity contribution in [1.82, 2.24) is 0 Å². The average Bonchev–Trinajstić information content (AvgIpc) is 2.05. The van der Waals surface area contributed by atoms with Crippen molar-refractivity contribution in [3.8, 4) is 0 Å². The molecule has 0 aliphatic rings. The molecule has 54 valence electrons. The normalized spacial score (nSPS) is 8.45. The number of hydrogen-bond donors (Lipinski definition) is 0. The first-order valence-corrected chi connectivity index (χ1v) is 3.43. The van der Waals surface area contributed by atoms with E-state index in [0.29, 0.717) is 6.42 Å². The summed E-state index contributed by atoms with van der Waals surface area (Å²) in [5.41, 5.74) is 0.810. The summed E-state index contributed by atoms with van der Waals surface area (Å²) in [4.78, 5) is 11.0. The summed E-state index contributed by atoms with van der Waals surface area (Å²) >= 11 is 0. The molecule has 0 spiro atoms. The van der Waals surface area contributed by atoms with Crippen molar-refractivity contribution in [2.45, 2.75) is 13.3 Å². The fraction of sp³-hybridized carbons (Fsp3) is 0.222. The summed E-state index contributed by atoms with van der Waals surface area (Å²) in [6.45, 7) is 1.87. The number of benzene rings is 1. The van der Waals surface area contributed by atoms with E-state index in [9.17, 15) is 4.79 Å². The van der Waals surface area contributed by atoms with E-state index in [1.165, 1.54) is 0 Å². The summed E-state index contributed by atoms with van der Waals surface area (Å²) in [6, 6.07) is 9.34. The van der Waals surface area contributed by atoms with Crippen LogP contribution in [0.5, 0.6) is 0 Å². The molecule has 1 aromatic carbocycles. The molecule has 0 amide bonds. The molecule has 2 heteroatoms. The van der Waals surface area contributed by atoms with Crippen LogP contribution in [0.4, 0.5) is 0 Å². The second-order valence-electron chi connectivity index (χ2n) is 2.14. The molecule has 1 nitrogen and oxygen atoms in total. The summed E-state index contributed by atoms with van der Waals surface area (Å²) in [5, 5.41) is 0. The van der Waals surface area contributed by atoms with Gasteiger partial charge in [0.15, 0.2) is 5.78 Å². The maximum atomic E-state index is 11.0. The van der Waals surface area contributed by atoms with Crippen molar-refractivity contribution in [3.05, 3.63) is 35.9 Å². The Balaban J connectivity index is 0.000001000. The van der Waals surface area contributed by atoms with Gasteiger partial charge >= 0.3 is 29.6 Å². The molecule has 0 saturated heterocycles. The first-order valence-electron chi connectivity index (χ1n) is 3.43. The minimum atomic E-state index is 0. The third-order valence-electron chi connectivity index (χ3n) is 1.42. The molecule has 0 fully saturated rings. The van der Waals surface area contributed by atoms with E-state index in [-0.39, 0.29) is 35.3 Å². The Kier molecular flexibility index (Phi) is 5.47. The third-order valence-corrected chi connectivity index (χ3v) is 1.42. The molecule has 0 N–H and O–H groups in total. The van der Waals surface area contributed by atoms with Gasteiger partial charge in [0, 0.05) is 12.0 Å². The van der Waals surface area contributed by atoms with Gasteiger partial charge in [0.25, 0.3) is 0 Å². The second kappa shape index (κ2) is 5.53. The number of rotatable bonds is 2. The first-order chi connectivity index (χ1) is 4.84. The maximum absolute atomic E-state index is 11.0. The number of Topliss-reactive ketones (excluding diaryl/α,β-unsaturated/α-hetero) is 1. The summed E-state index contributed by atoms with van der Waals surface area (Å²) < 4.78 is 0. The molecule has 0 saturated carbocycles. The Bertz CT molecular complexity index is 218. The van der Waals surface area contributed by atoms with Crippen LogP contribution in [-0.4, -0.2) is 35.3 Å². The van der Waals surface area contributed by atoms with Crippen LogP contribution in [0.25, 0.3) is 0 Å². The standard InChI is InChI=1S/C9H10O.Na.H/c1-2-9(10)8-6-4-3-5-7-8;;/h3-7H,2H2,1H3;;. The number of hydrogen-bond acceptors (Lipinski definition) is 1. The first kappa shape index (κ1) is 10.9. The van der Waals surface area contributed by atoms with Gasteiger partial charge in [0.05, 0.1) is 0 Å². The molecule has 0 bridgehead atoms. The van der Waals surface area contributed by atoms with Crippen molar-refractivity contribution in [2.75, 3.05) is 0 Å². The van der Waals surface area contributed by atoms with Crippen LogP contribution in [0.3, 0.4) is 0 Å². The van der Waals surface area contributed by atoms with Gasteiger partial charge in [0.1, 0.15) is 0 Å². The molecule has 0 atom stereocenters. The Morgan fingerprint density at radius 3 is 2.27 bits per heavy atom. The van der Waals surface area contributed by atoms with E-state index in [1.807, 2.05) is 37.3 Å². The molecule has 0 unspecified atom stereocenters. The summed E-state index contributed by atoms with van der Waals surface area (Å²) in [6.07, 6.45) is 0.587. The third kappa shape index (κ3) is 3.19. The van der Waals surface area contributed by atoms with Gasteiger partial charge in [-0.15, -0.1) is 0 Å². The van der Waals surface area contributed by atoms with Gasteiger partial charge in [0.2, 0.25) is 0 Å². The molecule has 0 aliphatic heterocycles. The Morgan fingerprint density at radius 2 is 1.82 bits per heavy atom. The van der Waals surface area contributed by atoms with Crippen LogP contribution in [0.1, 0.15) is 23.7 Å². The molecule has 11 heavy (non-hydrogen) atoms. The number of ketones is 1. The summed E-state index contributed by atoms with van der Waals surface area (Å²) in [5.74, 6) is 0.209. The van der Waals surface area contributed by atoms with Crippen LogP contribution >= 0.6 is 0 Å². The predicted octanol–water partition coefficient (Wildman–Crippen LogP) is 1.63. The SMILES string of the molecule is CCC(=O)c1ccccc1.[NaH]. The quantitative estimate of drug-likeness (QED) is 0.472. The molecular weight excluding hydrogens is 147 g/mol. The van der Waals surface area contributed by atoms with Gasteiger partial charge < -0.3 is 0 Å². The van der Waals surface area contributed by atoms with Crippen molar-refractivity contribution >= 4 is 35.3 Å². The zero-order chi connectivity index (χ0) is 7.40. The molecule has 1 rings (SSSR count). The van der Waals surface area contributed by atoms with E-state index in [2.05, 4.69) is 0 Å². The van der Waals surface area contributed by atoms with Crippen molar-refractivity contribution in [2.24, 2.45) is 0 Å². The van der Waals surface area contributed by atoms with Gasteiger partial charge in [-0.05, 0) is 0 Å². The van der Waals surface area contributed by atoms with E-state index in [1.54, 1.807) is 0 Å². The zero-order valence-corrected chi connectivity index (χ0v) is 6.00. The van der Waals surface area contributed by atoms with Crippen molar-refractivity contribution in [3.63, 3.8) is 0 Å². The van der Waals surface area contributed by atoms with Crippen LogP contribution in [0.15, 0.2) is 30.3 Å². The van der Waals surface area contributed by atoms with Crippen LogP contribution in [0, 0.1) is 0 Å². The fourth-order valence-electron chi connectivity index (χ4n) is 0.828. The minimum absolute atomic E-state index is 0. The number of carbonyl (C=O) groups is 1. The van der Waals surface area contributed by atoms with Gasteiger partial charge in [-0.25, -0.2) is 0 Å². The number of carbonyl (C=O) groups excluding carboxylic acids is 1. The Labute approximate surface area is 89.1 Å². The zero-order valence-electron chi connectivity index (χ0n) is 6.00. The second-order valence-corrected chi connectivity index (χ2v) is 2.14. The molecule has 0 aliphatic carbocycles. The fourth-order valence-corrected chi connectivity index (χ4v) is 0.828. The summed E-state index contributed by atoms with van der Waals surface area (Å²) in [7, 11) is 0. The monoisotopic (exact) mass is 158 g/mol.